The standard InChI is InChI=1S/C21H28F3N5O4S/c1-10(2)26-8-6-12(30)7-9-27-21(32)28-20-16(18(25)31)19(29-34-20)33-11(3)15-13(22)4-5-14(23)17(15)24/h4-5,10-12,26,30H,6-9H2,1-3H3,(H2,25,31)(H2,27,28,32). The highest BCUT2D eigenvalue weighted by molar-refractivity contribution is 7.11. The number of anilines is 1. The van der Waals surface area contributed by atoms with E-state index in [1.54, 1.807) is 0 Å². The number of aliphatic hydroxyl groups is 1. The van der Waals surface area contributed by atoms with Crippen LogP contribution in [0, 0.1) is 17.5 Å². The summed E-state index contributed by atoms with van der Waals surface area (Å²) < 4.78 is 50.8. The normalized spacial score (nSPS) is 12.9. The van der Waals surface area contributed by atoms with Gasteiger partial charge in [0.2, 0.25) is 5.88 Å². The molecule has 13 heteroatoms. The highest BCUT2D eigenvalue weighted by atomic mass is 32.1. The minimum Gasteiger partial charge on any atom is -0.468 e. The molecule has 0 radical (unpaired) electrons. The zero-order valence-electron chi connectivity index (χ0n) is 19.0. The summed E-state index contributed by atoms with van der Waals surface area (Å²) in [6, 6.07) is 1.01. The van der Waals surface area contributed by atoms with Crippen molar-refractivity contribution in [2.75, 3.05) is 18.4 Å². The van der Waals surface area contributed by atoms with E-state index in [1.807, 2.05) is 13.8 Å². The molecule has 34 heavy (non-hydrogen) atoms. The van der Waals surface area contributed by atoms with Crippen LogP contribution in [0.4, 0.5) is 23.0 Å². The molecule has 0 aliphatic carbocycles. The highest BCUT2D eigenvalue weighted by Crippen LogP contribution is 2.34. The number of primary amides is 1. The lowest BCUT2D eigenvalue weighted by atomic mass is 10.1. The van der Waals surface area contributed by atoms with Crippen molar-refractivity contribution in [2.24, 2.45) is 5.73 Å². The molecule has 3 amide bonds. The largest absolute Gasteiger partial charge is 0.468 e. The monoisotopic (exact) mass is 503 g/mol. The van der Waals surface area contributed by atoms with Crippen LogP contribution >= 0.6 is 11.5 Å². The Morgan fingerprint density at radius 1 is 1.15 bits per heavy atom. The van der Waals surface area contributed by atoms with Gasteiger partial charge in [0, 0.05) is 12.6 Å². The molecule has 9 nitrogen and oxygen atoms in total. The van der Waals surface area contributed by atoms with E-state index in [4.69, 9.17) is 10.5 Å². The van der Waals surface area contributed by atoms with Crippen molar-refractivity contribution in [1.29, 1.82) is 0 Å². The van der Waals surface area contributed by atoms with E-state index in [0.717, 1.165) is 6.07 Å². The number of hydrogen-bond acceptors (Lipinski definition) is 7. The maximum atomic E-state index is 14.0. The van der Waals surface area contributed by atoms with Gasteiger partial charge in [-0.2, -0.15) is 4.37 Å². The zero-order valence-corrected chi connectivity index (χ0v) is 19.8. The first-order chi connectivity index (χ1) is 16.0. The second-order valence-electron chi connectivity index (χ2n) is 7.79. The van der Waals surface area contributed by atoms with Gasteiger partial charge in [-0.1, -0.05) is 13.8 Å². The Balaban J connectivity index is 1.99. The molecule has 1 aromatic heterocycles. The van der Waals surface area contributed by atoms with E-state index in [-0.39, 0.29) is 23.0 Å². The number of carbonyl (C=O) groups is 2. The first kappa shape index (κ1) is 27.3. The lowest BCUT2D eigenvalue weighted by Crippen LogP contribution is -2.32. The summed E-state index contributed by atoms with van der Waals surface area (Å²) in [4.78, 5) is 24.1. The van der Waals surface area contributed by atoms with Gasteiger partial charge in [0.15, 0.2) is 11.6 Å². The van der Waals surface area contributed by atoms with Crippen LogP contribution < -0.4 is 26.4 Å². The number of urea groups is 1. The van der Waals surface area contributed by atoms with Crippen LogP contribution in [0.15, 0.2) is 12.1 Å². The smallest absolute Gasteiger partial charge is 0.319 e. The fourth-order valence-corrected chi connectivity index (χ4v) is 3.71. The minimum absolute atomic E-state index is 0.0472. The van der Waals surface area contributed by atoms with Crippen LogP contribution in [0.25, 0.3) is 0 Å². The van der Waals surface area contributed by atoms with E-state index in [9.17, 15) is 27.9 Å². The molecule has 0 fully saturated rings. The number of nitrogens with one attached hydrogen (secondary N) is 3. The molecule has 6 N–H and O–H groups in total. The van der Waals surface area contributed by atoms with Crippen molar-refractivity contribution in [3.63, 3.8) is 0 Å². The summed E-state index contributed by atoms with van der Waals surface area (Å²) in [7, 11) is 0. The first-order valence-electron chi connectivity index (χ1n) is 10.6. The highest BCUT2D eigenvalue weighted by Gasteiger charge is 2.27. The lowest BCUT2D eigenvalue weighted by molar-refractivity contribution is 0.0994. The number of carbonyl (C=O) groups excluding carboxylic acids is 2. The fourth-order valence-electron chi connectivity index (χ4n) is 2.98. The van der Waals surface area contributed by atoms with Crippen LogP contribution in [-0.4, -0.2) is 46.7 Å². The molecular weight excluding hydrogens is 475 g/mol. The van der Waals surface area contributed by atoms with E-state index in [2.05, 4.69) is 20.3 Å². The molecule has 2 aromatic rings. The third-order valence-electron chi connectivity index (χ3n) is 4.70. The number of halogens is 3. The average Bonchev–Trinajstić information content (AvgIpc) is 3.12. The molecular formula is C21H28F3N5O4S. The molecule has 1 aromatic carbocycles. The third-order valence-corrected chi connectivity index (χ3v) is 5.45. The molecule has 1 heterocycles. The number of amides is 3. The summed E-state index contributed by atoms with van der Waals surface area (Å²) in [5.41, 5.74) is 4.39. The molecule has 188 valence electrons. The molecule has 0 aliphatic heterocycles. The second-order valence-corrected chi connectivity index (χ2v) is 8.57. The van der Waals surface area contributed by atoms with Crippen molar-refractivity contribution in [1.82, 2.24) is 15.0 Å². The lowest BCUT2D eigenvalue weighted by Gasteiger charge is -2.16. The van der Waals surface area contributed by atoms with E-state index < -0.39 is 47.2 Å². The SMILES string of the molecule is CC(C)NCCC(O)CCNC(=O)Nc1snc(OC(C)c2c(F)ccc(F)c2F)c1C(N)=O. The van der Waals surface area contributed by atoms with Crippen molar-refractivity contribution in [3.8, 4) is 5.88 Å². The number of benzene rings is 1. The third kappa shape index (κ3) is 7.57. The Morgan fingerprint density at radius 2 is 1.79 bits per heavy atom. The summed E-state index contributed by atoms with van der Waals surface area (Å²) in [5, 5.41) is 18.0. The Labute approximate surface area is 199 Å². The molecule has 2 rings (SSSR count). The van der Waals surface area contributed by atoms with Crippen LogP contribution in [0.1, 0.15) is 55.6 Å². The van der Waals surface area contributed by atoms with Crippen LogP contribution in [0.5, 0.6) is 5.88 Å². The van der Waals surface area contributed by atoms with E-state index in [0.29, 0.717) is 43.0 Å². The van der Waals surface area contributed by atoms with Gasteiger partial charge in [0.25, 0.3) is 5.91 Å². The minimum atomic E-state index is -1.43. The molecule has 0 saturated carbocycles. The van der Waals surface area contributed by atoms with Crippen LogP contribution in [-0.2, 0) is 0 Å². The fraction of sp³-hybridized carbons (Fsp3) is 0.476. The summed E-state index contributed by atoms with van der Waals surface area (Å²) in [6.07, 6.45) is -1.13. The Kier molecular flexibility index (Phi) is 10.1. The summed E-state index contributed by atoms with van der Waals surface area (Å²) in [5.74, 6) is -5.10. The van der Waals surface area contributed by atoms with Crippen molar-refractivity contribution in [3.05, 3.63) is 40.7 Å². The maximum absolute atomic E-state index is 14.0. The van der Waals surface area contributed by atoms with Crippen molar-refractivity contribution >= 4 is 28.5 Å². The van der Waals surface area contributed by atoms with Gasteiger partial charge in [-0.15, -0.1) is 0 Å². The quantitative estimate of drug-likeness (QED) is 0.282. The average molecular weight is 504 g/mol. The molecule has 0 bridgehead atoms. The van der Waals surface area contributed by atoms with Gasteiger partial charge in [0.1, 0.15) is 22.5 Å². The Bertz CT molecular complexity index is 1010. The number of nitrogens with zero attached hydrogens (tertiary/aromatic N) is 1. The van der Waals surface area contributed by atoms with Gasteiger partial charge in [-0.05, 0) is 50.0 Å². The first-order valence-corrected chi connectivity index (χ1v) is 11.3. The number of rotatable bonds is 12. The Hall–Kier alpha value is -2.90. The van der Waals surface area contributed by atoms with Gasteiger partial charge in [-0.3, -0.25) is 10.1 Å². The predicted octanol–water partition coefficient (Wildman–Crippen LogP) is 3.06. The Morgan fingerprint density at radius 3 is 2.44 bits per heavy atom. The molecule has 2 atom stereocenters. The van der Waals surface area contributed by atoms with Gasteiger partial charge in [-0.25, -0.2) is 18.0 Å². The number of aromatic nitrogens is 1. The van der Waals surface area contributed by atoms with Crippen molar-refractivity contribution < 1.29 is 32.6 Å². The predicted molar refractivity (Wildman–Crippen MR) is 121 cm³/mol. The van der Waals surface area contributed by atoms with E-state index in [1.165, 1.54) is 6.92 Å². The number of nitrogens with two attached hydrogens (primary N) is 1. The number of ether oxygens (including phenoxy) is 1. The topological polar surface area (TPSA) is 139 Å². The van der Waals surface area contributed by atoms with Gasteiger partial charge >= 0.3 is 6.03 Å². The second kappa shape index (κ2) is 12.5. The number of hydrogen-bond donors (Lipinski definition) is 5. The maximum Gasteiger partial charge on any atom is 0.319 e. The molecule has 2 unspecified atom stereocenters. The van der Waals surface area contributed by atoms with Gasteiger partial charge in [0.05, 0.1) is 11.7 Å². The summed E-state index contributed by atoms with van der Waals surface area (Å²) in [6.45, 7) is 6.03. The summed E-state index contributed by atoms with van der Waals surface area (Å²) >= 11 is 0.668. The zero-order chi connectivity index (χ0) is 25.4. The van der Waals surface area contributed by atoms with Gasteiger partial charge < -0.3 is 26.2 Å². The van der Waals surface area contributed by atoms with Crippen LogP contribution in [0.2, 0.25) is 0 Å². The van der Waals surface area contributed by atoms with Crippen molar-refractivity contribution in [2.45, 2.75) is 51.9 Å². The van der Waals surface area contributed by atoms with Crippen LogP contribution in [0.3, 0.4) is 0 Å². The molecule has 0 aliphatic rings. The molecule has 0 saturated heterocycles. The molecule has 0 spiro atoms. The number of aliphatic hydroxyl groups excluding tert-OH is 1. The van der Waals surface area contributed by atoms with E-state index >= 15 is 0 Å².